The molecule has 0 heterocycles. The lowest BCUT2D eigenvalue weighted by molar-refractivity contribution is 0.0699. The van der Waals surface area contributed by atoms with Crippen LogP contribution in [-0.4, -0.2) is 43.1 Å². The lowest BCUT2D eigenvalue weighted by Crippen LogP contribution is -2.44. The van der Waals surface area contributed by atoms with E-state index in [1.165, 1.54) is 12.8 Å². The zero-order chi connectivity index (χ0) is 12.6. The van der Waals surface area contributed by atoms with Gasteiger partial charge in [0.1, 0.15) is 0 Å². The molecule has 0 saturated carbocycles. The van der Waals surface area contributed by atoms with Crippen LogP contribution in [0.3, 0.4) is 0 Å². The Balaban J connectivity index is 4.48. The first-order valence-corrected chi connectivity index (χ1v) is 7.50. The summed E-state index contributed by atoms with van der Waals surface area (Å²) in [4.78, 5) is 2.53. The molecule has 0 spiro atoms. The van der Waals surface area contributed by atoms with Gasteiger partial charge in [-0.1, -0.05) is 36.7 Å². The Morgan fingerprint density at radius 1 is 1.25 bits per heavy atom. The summed E-state index contributed by atoms with van der Waals surface area (Å²) in [5, 5.41) is 1.09. The van der Waals surface area contributed by atoms with Crippen molar-refractivity contribution < 1.29 is 4.74 Å². The van der Waals surface area contributed by atoms with Crippen molar-refractivity contribution in [2.75, 3.05) is 32.1 Å². The summed E-state index contributed by atoms with van der Waals surface area (Å²) in [6, 6.07) is 0.506. The maximum Gasteiger partial charge on any atom is 0.0615 e. The van der Waals surface area contributed by atoms with Crippen LogP contribution < -0.4 is 0 Å². The molecule has 0 bridgehead atoms. The highest BCUT2D eigenvalue weighted by Crippen LogP contribution is 2.30. The number of halogens is 1. The van der Waals surface area contributed by atoms with E-state index < -0.39 is 0 Å². The van der Waals surface area contributed by atoms with Gasteiger partial charge in [-0.2, -0.15) is 0 Å². The van der Waals surface area contributed by atoms with Crippen molar-refractivity contribution in [3.63, 3.8) is 0 Å². The minimum atomic E-state index is 0.415. The van der Waals surface area contributed by atoms with Crippen molar-refractivity contribution in [3.8, 4) is 0 Å². The molecule has 0 aliphatic carbocycles. The lowest BCUT2D eigenvalue weighted by atomic mass is 9.84. The van der Waals surface area contributed by atoms with E-state index in [1.54, 1.807) is 7.11 Å². The number of hydrogen-bond donors (Lipinski definition) is 0. The van der Waals surface area contributed by atoms with Crippen LogP contribution in [0.1, 0.15) is 40.5 Å². The first-order valence-electron chi connectivity index (χ1n) is 6.38. The zero-order valence-electron chi connectivity index (χ0n) is 11.6. The summed E-state index contributed by atoms with van der Waals surface area (Å²) in [5.74, 6) is 0. The number of rotatable bonds is 9. The molecular formula is C13H28BrNO. The fourth-order valence-corrected chi connectivity index (χ4v) is 3.03. The molecule has 1 unspecified atom stereocenters. The molecule has 16 heavy (non-hydrogen) atoms. The van der Waals surface area contributed by atoms with Crippen molar-refractivity contribution in [3.05, 3.63) is 0 Å². The minimum absolute atomic E-state index is 0.415. The topological polar surface area (TPSA) is 12.5 Å². The van der Waals surface area contributed by atoms with Crippen LogP contribution in [0.2, 0.25) is 0 Å². The Kier molecular flexibility index (Phi) is 8.70. The van der Waals surface area contributed by atoms with Gasteiger partial charge in [0, 0.05) is 25.0 Å². The highest BCUT2D eigenvalue weighted by atomic mass is 79.9. The normalized spacial score (nSPS) is 14.4. The fraction of sp³-hybridized carbons (Fsp3) is 1.00. The van der Waals surface area contributed by atoms with Gasteiger partial charge in [0.25, 0.3) is 0 Å². The van der Waals surface area contributed by atoms with E-state index in [2.05, 4.69) is 48.5 Å². The lowest BCUT2D eigenvalue weighted by Gasteiger charge is -2.38. The molecule has 0 fully saturated rings. The SMILES string of the molecule is CCN(CC(CC)(CC)CBr)C(C)COC. The zero-order valence-corrected chi connectivity index (χ0v) is 13.1. The van der Waals surface area contributed by atoms with Gasteiger partial charge in [0.15, 0.2) is 0 Å². The molecule has 0 aliphatic rings. The molecule has 0 saturated heterocycles. The molecule has 2 nitrogen and oxygen atoms in total. The molecule has 0 amide bonds. The quantitative estimate of drug-likeness (QED) is 0.603. The number of ether oxygens (including phenoxy) is 1. The third kappa shape index (κ3) is 4.72. The molecule has 0 rings (SSSR count). The van der Waals surface area contributed by atoms with E-state index in [-0.39, 0.29) is 0 Å². The Labute approximate surface area is 110 Å². The summed E-state index contributed by atoms with van der Waals surface area (Å²) < 4.78 is 5.25. The average Bonchev–Trinajstić information content (AvgIpc) is 2.32. The maximum absolute atomic E-state index is 5.25. The minimum Gasteiger partial charge on any atom is -0.383 e. The first kappa shape index (κ1) is 16.4. The van der Waals surface area contributed by atoms with Crippen molar-refractivity contribution in [1.82, 2.24) is 4.90 Å². The van der Waals surface area contributed by atoms with Gasteiger partial charge in [0.05, 0.1) is 6.61 Å². The Hall–Kier alpha value is 0.400. The van der Waals surface area contributed by atoms with Crippen LogP contribution in [0.15, 0.2) is 0 Å². The number of methoxy groups -OCH3 is 1. The summed E-state index contributed by atoms with van der Waals surface area (Å²) in [6.07, 6.45) is 2.45. The molecule has 98 valence electrons. The van der Waals surface area contributed by atoms with Gasteiger partial charge >= 0.3 is 0 Å². The summed E-state index contributed by atoms with van der Waals surface area (Å²) >= 11 is 3.68. The van der Waals surface area contributed by atoms with E-state index in [4.69, 9.17) is 4.74 Å². The van der Waals surface area contributed by atoms with Gasteiger partial charge in [0.2, 0.25) is 0 Å². The number of hydrogen-bond acceptors (Lipinski definition) is 2. The third-order valence-electron chi connectivity index (χ3n) is 3.76. The first-order chi connectivity index (χ1) is 7.59. The van der Waals surface area contributed by atoms with Gasteiger partial charge in [-0.3, -0.25) is 4.90 Å². The second-order valence-corrected chi connectivity index (χ2v) is 5.27. The van der Waals surface area contributed by atoms with Crippen molar-refractivity contribution in [2.45, 2.75) is 46.6 Å². The molecule has 0 radical (unpaired) electrons. The Morgan fingerprint density at radius 2 is 1.81 bits per heavy atom. The number of nitrogens with zero attached hydrogens (tertiary/aromatic N) is 1. The van der Waals surface area contributed by atoms with Gasteiger partial charge in [-0.05, 0) is 31.7 Å². The van der Waals surface area contributed by atoms with Gasteiger partial charge < -0.3 is 4.74 Å². The van der Waals surface area contributed by atoms with Crippen LogP contribution in [0, 0.1) is 5.41 Å². The summed E-state index contributed by atoms with van der Waals surface area (Å²) in [6.45, 7) is 12.1. The van der Waals surface area contributed by atoms with E-state index in [0.717, 1.165) is 25.0 Å². The van der Waals surface area contributed by atoms with Crippen LogP contribution in [0.4, 0.5) is 0 Å². The van der Waals surface area contributed by atoms with E-state index in [1.807, 2.05) is 0 Å². The number of alkyl halides is 1. The molecule has 3 heteroatoms. The van der Waals surface area contributed by atoms with E-state index in [9.17, 15) is 0 Å². The van der Waals surface area contributed by atoms with Crippen LogP contribution in [0.25, 0.3) is 0 Å². The second kappa shape index (κ2) is 8.48. The molecule has 0 aromatic carbocycles. The van der Waals surface area contributed by atoms with Crippen molar-refractivity contribution >= 4 is 15.9 Å². The Bertz CT molecular complexity index is 163. The smallest absolute Gasteiger partial charge is 0.0615 e. The molecule has 1 atom stereocenters. The predicted molar refractivity (Wildman–Crippen MR) is 75.4 cm³/mol. The number of likely N-dealkylation sites (N-methyl/N-ethyl adjacent to an activating group) is 1. The largest absolute Gasteiger partial charge is 0.383 e. The third-order valence-corrected chi connectivity index (χ3v) is 4.95. The molecule has 0 aromatic heterocycles. The van der Waals surface area contributed by atoms with E-state index >= 15 is 0 Å². The highest BCUT2D eigenvalue weighted by molar-refractivity contribution is 9.09. The Morgan fingerprint density at radius 3 is 2.12 bits per heavy atom. The van der Waals surface area contributed by atoms with Crippen LogP contribution in [0.5, 0.6) is 0 Å². The summed E-state index contributed by atoms with van der Waals surface area (Å²) in [7, 11) is 1.78. The van der Waals surface area contributed by atoms with Gasteiger partial charge in [-0.25, -0.2) is 0 Å². The molecular weight excluding hydrogens is 266 g/mol. The molecule has 0 N–H and O–H groups in total. The highest BCUT2D eigenvalue weighted by Gasteiger charge is 2.28. The second-order valence-electron chi connectivity index (χ2n) is 4.71. The predicted octanol–water partition coefficient (Wildman–Crippen LogP) is 3.54. The van der Waals surface area contributed by atoms with Crippen LogP contribution in [-0.2, 0) is 4.74 Å². The van der Waals surface area contributed by atoms with E-state index in [0.29, 0.717) is 11.5 Å². The fourth-order valence-electron chi connectivity index (χ4n) is 2.06. The molecule has 0 aromatic rings. The standard InChI is InChI=1S/C13H28BrNO/c1-6-13(7-2,10-14)11-15(8-3)12(4)9-16-5/h12H,6-11H2,1-5H3. The molecule has 0 aliphatic heterocycles. The van der Waals surface area contributed by atoms with Crippen LogP contribution >= 0.6 is 15.9 Å². The van der Waals surface area contributed by atoms with Crippen molar-refractivity contribution in [2.24, 2.45) is 5.41 Å². The monoisotopic (exact) mass is 293 g/mol. The average molecular weight is 294 g/mol. The van der Waals surface area contributed by atoms with Crippen molar-refractivity contribution in [1.29, 1.82) is 0 Å². The summed E-state index contributed by atoms with van der Waals surface area (Å²) in [5.41, 5.74) is 0.415. The maximum atomic E-state index is 5.25. The van der Waals surface area contributed by atoms with Gasteiger partial charge in [-0.15, -0.1) is 0 Å².